The molecule has 2 saturated heterocycles. The van der Waals surface area contributed by atoms with Crippen molar-refractivity contribution in [2.24, 2.45) is 0 Å². The number of likely N-dealkylation sites (tertiary alicyclic amines) is 1. The van der Waals surface area contributed by atoms with Crippen molar-refractivity contribution in [3.63, 3.8) is 0 Å². The molecule has 2 aliphatic rings. The van der Waals surface area contributed by atoms with Gasteiger partial charge in [-0.25, -0.2) is 0 Å². The number of imide groups is 1. The van der Waals surface area contributed by atoms with Crippen molar-refractivity contribution in [3.05, 3.63) is 27.1 Å². The van der Waals surface area contributed by atoms with Gasteiger partial charge in [0.2, 0.25) is 5.91 Å². The molecule has 0 aromatic heterocycles. The standard InChI is InChI=1S/C21H25BrN2O5S/c1-4-13(2)29-19-15(22)9-14(10-16(19)28-3)11-17-20(26)24(21(27)30-17)12-18(25)23-7-5-6-8-23/h9-11,13H,4-8,12H2,1-3H3/b17-11+/t13-/m0/s1. The minimum atomic E-state index is -0.451. The summed E-state index contributed by atoms with van der Waals surface area (Å²) in [4.78, 5) is 40.4. The van der Waals surface area contributed by atoms with E-state index in [1.165, 1.54) is 0 Å². The topological polar surface area (TPSA) is 76.2 Å². The molecule has 162 valence electrons. The van der Waals surface area contributed by atoms with Gasteiger partial charge in [0, 0.05) is 13.1 Å². The normalized spacial score (nSPS) is 19.0. The molecule has 3 rings (SSSR count). The Morgan fingerprint density at radius 3 is 2.63 bits per heavy atom. The highest BCUT2D eigenvalue weighted by Crippen LogP contribution is 2.39. The number of ether oxygens (including phenoxy) is 2. The first kappa shape index (κ1) is 22.7. The van der Waals surface area contributed by atoms with Crippen LogP contribution in [-0.4, -0.2) is 59.7 Å². The number of thioether (sulfide) groups is 1. The first-order valence-electron chi connectivity index (χ1n) is 9.91. The van der Waals surface area contributed by atoms with Crippen LogP contribution >= 0.6 is 27.7 Å². The summed E-state index contributed by atoms with van der Waals surface area (Å²) in [7, 11) is 1.55. The third-order valence-corrected chi connectivity index (χ3v) is 6.57. The van der Waals surface area contributed by atoms with Crippen LogP contribution in [0.15, 0.2) is 21.5 Å². The Balaban J connectivity index is 1.79. The fourth-order valence-electron chi connectivity index (χ4n) is 3.21. The second kappa shape index (κ2) is 9.87. The summed E-state index contributed by atoms with van der Waals surface area (Å²) in [5.41, 5.74) is 0.687. The van der Waals surface area contributed by atoms with Gasteiger partial charge in [-0.3, -0.25) is 19.3 Å². The Labute approximate surface area is 188 Å². The van der Waals surface area contributed by atoms with Crippen LogP contribution < -0.4 is 9.47 Å². The predicted molar refractivity (Wildman–Crippen MR) is 120 cm³/mol. The smallest absolute Gasteiger partial charge is 0.294 e. The second-order valence-corrected chi connectivity index (χ2v) is 9.07. The Morgan fingerprint density at radius 1 is 1.30 bits per heavy atom. The molecule has 3 amide bonds. The molecular formula is C21H25BrN2O5S. The summed E-state index contributed by atoms with van der Waals surface area (Å²) in [5, 5.41) is -0.429. The number of carbonyl (C=O) groups excluding carboxylic acids is 3. The Bertz CT molecular complexity index is 882. The first-order chi connectivity index (χ1) is 14.3. The lowest BCUT2D eigenvalue weighted by molar-refractivity contribution is -0.135. The minimum Gasteiger partial charge on any atom is -0.493 e. The highest BCUT2D eigenvalue weighted by molar-refractivity contribution is 9.10. The molecule has 0 N–H and O–H groups in total. The summed E-state index contributed by atoms with van der Waals surface area (Å²) in [6.07, 6.45) is 4.42. The van der Waals surface area contributed by atoms with Crippen LogP contribution in [0.5, 0.6) is 11.5 Å². The van der Waals surface area contributed by atoms with Gasteiger partial charge in [0.05, 0.1) is 22.6 Å². The molecule has 0 saturated carbocycles. The van der Waals surface area contributed by atoms with E-state index in [1.54, 1.807) is 24.2 Å². The summed E-state index contributed by atoms with van der Waals surface area (Å²) < 4.78 is 12.1. The van der Waals surface area contributed by atoms with Gasteiger partial charge in [-0.15, -0.1) is 0 Å². The van der Waals surface area contributed by atoms with Gasteiger partial charge < -0.3 is 14.4 Å². The largest absolute Gasteiger partial charge is 0.493 e. The van der Waals surface area contributed by atoms with Crippen molar-refractivity contribution >= 4 is 50.8 Å². The number of benzene rings is 1. The van der Waals surface area contributed by atoms with Crippen LogP contribution in [0.1, 0.15) is 38.7 Å². The number of hydrogen-bond donors (Lipinski definition) is 0. The van der Waals surface area contributed by atoms with Gasteiger partial charge in [-0.2, -0.15) is 0 Å². The average molecular weight is 497 g/mol. The molecule has 2 heterocycles. The number of hydrogen-bond acceptors (Lipinski definition) is 6. The highest BCUT2D eigenvalue weighted by atomic mass is 79.9. The molecule has 0 bridgehead atoms. The predicted octanol–water partition coefficient (Wildman–Crippen LogP) is 4.29. The molecule has 9 heteroatoms. The third-order valence-electron chi connectivity index (χ3n) is 5.07. The zero-order chi connectivity index (χ0) is 21.8. The Hall–Kier alpha value is -2.00. The van der Waals surface area contributed by atoms with E-state index in [-0.39, 0.29) is 23.5 Å². The molecule has 1 aromatic carbocycles. The highest BCUT2D eigenvalue weighted by Gasteiger charge is 2.37. The maximum atomic E-state index is 12.7. The lowest BCUT2D eigenvalue weighted by atomic mass is 10.1. The van der Waals surface area contributed by atoms with Gasteiger partial charge in [-0.05, 0) is 77.7 Å². The molecule has 30 heavy (non-hydrogen) atoms. The van der Waals surface area contributed by atoms with Crippen LogP contribution in [-0.2, 0) is 9.59 Å². The van der Waals surface area contributed by atoms with Crippen molar-refractivity contribution in [1.29, 1.82) is 0 Å². The summed E-state index contributed by atoms with van der Waals surface area (Å²) in [6, 6.07) is 3.56. The monoisotopic (exact) mass is 496 g/mol. The van der Waals surface area contributed by atoms with E-state index in [4.69, 9.17) is 9.47 Å². The van der Waals surface area contributed by atoms with Crippen LogP contribution in [0.3, 0.4) is 0 Å². The molecule has 0 radical (unpaired) electrons. The summed E-state index contributed by atoms with van der Waals surface area (Å²) in [6.45, 7) is 5.16. The van der Waals surface area contributed by atoms with Crippen LogP contribution in [0, 0.1) is 0 Å². The van der Waals surface area contributed by atoms with Gasteiger partial charge in [0.15, 0.2) is 11.5 Å². The van der Waals surface area contributed by atoms with Gasteiger partial charge >= 0.3 is 0 Å². The number of amides is 3. The molecule has 0 unspecified atom stereocenters. The van der Waals surface area contributed by atoms with Crippen LogP contribution in [0.25, 0.3) is 6.08 Å². The van der Waals surface area contributed by atoms with Crippen molar-refractivity contribution in [2.45, 2.75) is 39.2 Å². The Kier molecular flexibility index (Phi) is 7.46. The Morgan fingerprint density at radius 2 is 2.00 bits per heavy atom. The lowest BCUT2D eigenvalue weighted by Gasteiger charge is -2.18. The first-order valence-corrected chi connectivity index (χ1v) is 11.5. The molecule has 0 aliphatic carbocycles. The molecular weight excluding hydrogens is 472 g/mol. The zero-order valence-corrected chi connectivity index (χ0v) is 19.7. The lowest BCUT2D eigenvalue weighted by Crippen LogP contribution is -2.40. The molecule has 7 nitrogen and oxygen atoms in total. The molecule has 0 spiro atoms. The fourth-order valence-corrected chi connectivity index (χ4v) is 4.60. The van der Waals surface area contributed by atoms with Crippen LogP contribution in [0.2, 0.25) is 0 Å². The molecule has 2 fully saturated rings. The number of rotatable bonds is 7. The third kappa shape index (κ3) is 5.00. The fraction of sp³-hybridized carbons (Fsp3) is 0.476. The maximum Gasteiger partial charge on any atom is 0.294 e. The van der Waals surface area contributed by atoms with Gasteiger partial charge in [0.1, 0.15) is 6.54 Å². The maximum absolute atomic E-state index is 12.7. The van der Waals surface area contributed by atoms with Gasteiger partial charge in [-0.1, -0.05) is 6.92 Å². The van der Waals surface area contributed by atoms with E-state index >= 15 is 0 Å². The van der Waals surface area contributed by atoms with E-state index in [0.29, 0.717) is 34.6 Å². The summed E-state index contributed by atoms with van der Waals surface area (Å²) >= 11 is 4.34. The van der Waals surface area contributed by atoms with E-state index in [0.717, 1.165) is 35.9 Å². The molecule has 1 atom stereocenters. The minimum absolute atomic E-state index is 0.0192. The van der Waals surface area contributed by atoms with Crippen molar-refractivity contribution in [3.8, 4) is 11.5 Å². The second-order valence-electron chi connectivity index (χ2n) is 7.23. The summed E-state index contributed by atoms with van der Waals surface area (Å²) in [5.74, 6) is 0.479. The van der Waals surface area contributed by atoms with Gasteiger partial charge in [0.25, 0.3) is 11.1 Å². The zero-order valence-electron chi connectivity index (χ0n) is 17.3. The van der Waals surface area contributed by atoms with E-state index < -0.39 is 11.1 Å². The molecule has 1 aromatic rings. The number of nitrogens with zero attached hydrogens (tertiary/aromatic N) is 2. The number of methoxy groups -OCH3 is 1. The van der Waals surface area contributed by atoms with E-state index in [1.807, 2.05) is 19.9 Å². The van der Waals surface area contributed by atoms with Crippen molar-refractivity contribution in [2.75, 3.05) is 26.7 Å². The van der Waals surface area contributed by atoms with E-state index in [9.17, 15) is 14.4 Å². The number of carbonyl (C=O) groups is 3. The quantitative estimate of drug-likeness (QED) is 0.524. The number of halogens is 1. The van der Waals surface area contributed by atoms with Crippen molar-refractivity contribution < 1.29 is 23.9 Å². The van der Waals surface area contributed by atoms with E-state index in [2.05, 4.69) is 15.9 Å². The average Bonchev–Trinajstić information content (AvgIpc) is 3.34. The van der Waals surface area contributed by atoms with Crippen LogP contribution in [0.4, 0.5) is 4.79 Å². The molecule has 2 aliphatic heterocycles. The van der Waals surface area contributed by atoms with Crippen molar-refractivity contribution in [1.82, 2.24) is 9.80 Å². The SMILES string of the molecule is CC[C@H](C)Oc1c(Br)cc(/C=C2/SC(=O)N(CC(=O)N3CCCC3)C2=O)cc1OC.